The van der Waals surface area contributed by atoms with Gasteiger partial charge in [-0.05, 0) is 34.5 Å². The lowest BCUT2D eigenvalue weighted by Crippen LogP contribution is -2.25. The molecule has 3 rings (SSSR count). The van der Waals surface area contributed by atoms with Crippen LogP contribution >= 0.6 is 11.6 Å². The van der Waals surface area contributed by atoms with Gasteiger partial charge in [0.05, 0.1) is 0 Å². The van der Waals surface area contributed by atoms with Crippen molar-refractivity contribution in [2.45, 2.75) is 0 Å². The van der Waals surface area contributed by atoms with Gasteiger partial charge < -0.3 is 0 Å². The topological polar surface area (TPSA) is 41.1 Å². The van der Waals surface area contributed by atoms with Crippen molar-refractivity contribution in [2.24, 2.45) is 0 Å². The van der Waals surface area contributed by atoms with Crippen LogP contribution in [0.1, 0.15) is 5.56 Å². The van der Waals surface area contributed by atoms with Crippen LogP contribution in [0, 0.1) is 0 Å². The molecule has 1 saturated heterocycles. The molecule has 0 bridgehead atoms. The molecule has 0 radical (unpaired) electrons. The van der Waals surface area contributed by atoms with Crippen LogP contribution in [-0.2, 0) is 4.79 Å². The van der Waals surface area contributed by atoms with Crippen molar-refractivity contribution >= 4 is 34.4 Å². The predicted molar refractivity (Wildman–Crippen MR) is 73.1 cm³/mol. The van der Waals surface area contributed by atoms with Gasteiger partial charge in [-0.3, -0.25) is 10.2 Å². The van der Waals surface area contributed by atoms with Crippen molar-refractivity contribution in [1.82, 2.24) is 10.9 Å². The van der Waals surface area contributed by atoms with E-state index >= 15 is 0 Å². The highest BCUT2D eigenvalue weighted by Crippen LogP contribution is 2.24. The minimum Gasteiger partial charge on any atom is -0.287 e. The molecule has 2 N–H and O–H groups in total. The summed E-state index contributed by atoms with van der Waals surface area (Å²) in [5.74, 6) is -0.0750. The lowest BCUT2D eigenvalue weighted by atomic mass is 10.0. The van der Waals surface area contributed by atoms with E-state index in [1.165, 1.54) is 0 Å². The van der Waals surface area contributed by atoms with E-state index in [0.717, 1.165) is 21.9 Å². The number of rotatable bonds is 1. The molecule has 3 nitrogen and oxygen atoms in total. The summed E-state index contributed by atoms with van der Waals surface area (Å²) in [6, 6.07) is 11.8. The third-order valence-electron chi connectivity index (χ3n) is 2.98. The Morgan fingerprint density at radius 1 is 1.22 bits per heavy atom. The zero-order chi connectivity index (χ0) is 12.5. The van der Waals surface area contributed by atoms with Crippen molar-refractivity contribution in [3.05, 3.63) is 52.6 Å². The van der Waals surface area contributed by atoms with Gasteiger partial charge in [-0.25, -0.2) is 5.43 Å². The monoisotopic (exact) mass is 258 g/mol. The van der Waals surface area contributed by atoms with Gasteiger partial charge in [0.1, 0.15) is 0 Å². The maximum Gasteiger partial charge on any atom is 0.262 e. The van der Waals surface area contributed by atoms with Gasteiger partial charge in [0.15, 0.2) is 0 Å². The molecule has 4 heteroatoms. The van der Waals surface area contributed by atoms with E-state index < -0.39 is 0 Å². The van der Waals surface area contributed by atoms with Crippen molar-refractivity contribution in [2.75, 3.05) is 6.54 Å². The zero-order valence-electron chi connectivity index (χ0n) is 9.53. The Labute approximate surface area is 109 Å². The molecule has 1 fully saturated rings. The lowest BCUT2D eigenvalue weighted by Gasteiger charge is -2.03. The Hall–Kier alpha value is -1.84. The summed E-state index contributed by atoms with van der Waals surface area (Å²) in [6.07, 6.45) is 1.90. The second-order valence-electron chi connectivity index (χ2n) is 4.19. The molecule has 1 aliphatic heterocycles. The van der Waals surface area contributed by atoms with E-state index in [-0.39, 0.29) is 5.91 Å². The van der Waals surface area contributed by atoms with Crippen molar-refractivity contribution < 1.29 is 4.79 Å². The molecule has 0 spiro atoms. The van der Waals surface area contributed by atoms with Gasteiger partial charge in [-0.2, -0.15) is 0 Å². The highest BCUT2D eigenvalue weighted by atomic mass is 35.5. The maximum absolute atomic E-state index is 11.5. The summed E-state index contributed by atoms with van der Waals surface area (Å²) in [5.41, 5.74) is 7.10. The smallest absolute Gasteiger partial charge is 0.262 e. The number of hydrazine groups is 1. The molecule has 18 heavy (non-hydrogen) atoms. The first-order valence-electron chi connectivity index (χ1n) is 5.66. The van der Waals surface area contributed by atoms with Crippen molar-refractivity contribution in [3.8, 4) is 0 Å². The van der Waals surface area contributed by atoms with Crippen LogP contribution in [0.5, 0.6) is 0 Å². The maximum atomic E-state index is 11.5. The number of benzene rings is 2. The lowest BCUT2D eigenvalue weighted by molar-refractivity contribution is -0.116. The normalized spacial score (nSPS) is 17.4. The number of nitrogens with one attached hydrogen (secondary N) is 2. The number of hydrogen-bond acceptors (Lipinski definition) is 2. The van der Waals surface area contributed by atoms with E-state index in [9.17, 15) is 4.79 Å². The van der Waals surface area contributed by atoms with E-state index in [4.69, 9.17) is 11.6 Å². The van der Waals surface area contributed by atoms with Crippen LogP contribution in [0.25, 0.3) is 16.8 Å². The van der Waals surface area contributed by atoms with E-state index in [0.29, 0.717) is 11.6 Å². The van der Waals surface area contributed by atoms with Crippen LogP contribution in [0.2, 0.25) is 5.02 Å². The number of carbonyl (C=O) groups excluding carboxylic acids is 1. The summed E-state index contributed by atoms with van der Waals surface area (Å²) >= 11 is 6.02. The molecule has 2 aromatic rings. The second-order valence-corrected chi connectivity index (χ2v) is 4.63. The number of amides is 1. The molecule has 0 saturated carbocycles. The summed E-state index contributed by atoms with van der Waals surface area (Å²) in [4.78, 5) is 11.5. The molecular weight excluding hydrogens is 248 g/mol. The average Bonchev–Trinajstić information content (AvgIpc) is 2.76. The summed E-state index contributed by atoms with van der Waals surface area (Å²) in [6.45, 7) is 0.537. The van der Waals surface area contributed by atoms with Crippen LogP contribution in [0.3, 0.4) is 0 Å². The first-order chi connectivity index (χ1) is 8.74. The number of hydrogen-bond donors (Lipinski definition) is 2. The first-order valence-corrected chi connectivity index (χ1v) is 6.04. The van der Waals surface area contributed by atoms with Gasteiger partial charge in [0.2, 0.25) is 0 Å². The molecule has 0 atom stereocenters. The van der Waals surface area contributed by atoms with Gasteiger partial charge in [-0.15, -0.1) is 0 Å². The molecule has 1 heterocycles. The van der Waals surface area contributed by atoms with Crippen molar-refractivity contribution in [3.63, 3.8) is 0 Å². The SMILES string of the molecule is O=C1NNC/C1=C\c1cccc2ccc(Cl)cc12. The summed E-state index contributed by atoms with van der Waals surface area (Å²) < 4.78 is 0. The minimum absolute atomic E-state index is 0.0750. The van der Waals surface area contributed by atoms with E-state index in [2.05, 4.69) is 10.9 Å². The highest BCUT2D eigenvalue weighted by Gasteiger charge is 2.15. The predicted octanol–water partition coefficient (Wildman–Crippen LogP) is 2.51. The van der Waals surface area contributed by atoms with Crippen LogP contribution < -0.4 is 10.9 Å². The zero-order valence-corrected chi connectivity index (χ0v) is 10.3. The Morgan fingerprint density at radius 3 is 2.89 bits per heavy atom. The molecule has 2 aromatic carbocycles. The van der Waals surface area contributed by atoms with Crippen LogP contribution in [0.15, 0.2) is 42.0 Å². The fraction of sp³-hybridized carbons (Fsp3) is 0.0714. The largest absolute Gasteiger partial charge is 0.287 e. The molecule has 0 aliphatic carbocycles. The molecular formula is C14H11ClN2O. The van der Waals surface area contributed by atoms with Gasteiger partial charge in [0, 0.05) is 17.1 Å². The second kappa shape index (κ2) is 4.44. The first kappa shape index (κ1) is 11.3. The third-order valence-corrected chi connectivity index (χ3v) is 3.22. The van der Waals surface area contributed by atoms with Crippen LogP contribution in [-0.4, -0.2) is 12.5 Å². The molecule has 1 aliphatic rings. The van der Waals surface area contributed by atoms with Gasteiger partial charge >= 0.3 is 0 Å². The summed E-state index contributed by atoms with van der Waals surface area (Å²) in [7, 11) is 0. The molecule has 0 aromatic heterocycles. The number of halogens is 1. The molecule has 0 unspecified atom stereocenters. The summed E-state index contributed by atoms with van der Waals surface area (Å²) in [5, 5.41) is 2.86. The Morgan fingerprint density at radius 2 is 2.11 bits per heavy atom. The van der Waals surface area contributed by atoms with Gasteiger partial charge in [0.25, 0.3) is 5.91 Å². The fourth-order valence-corrected chi connectivity index (χ4v) is 2.25. The van der Waals surface area contributed by atoms with E-state index in [1.54, 1.807) is 0 Å². The Balaban J connectivity index is 2.17. The minimum atomic E-state index is -0.0750. The Bertz CT molecular complexity index is 664. The van der Waals surface area contributed by atoms with Gasteiger partial charge in [-0.1, -0.05) is 35.9 Å². The third kappa shape index (κ3) is 1.98. The average molecular weight is 259 g/mol. The van der Waals surface area contributed by atoms with Crippen molar-refractivity contribution in [1.29, 1.82) is 0 Å². The fourth-order valence-electron chi connectivity index (χ4n) is 2.08. The van der Waals surface area contributed by atoms with Crippen LogP contribution in [0.4, 0.5) is 0 Å². The quantitative estimate of drug-likeness (QED) is 0.772. The number of fused-ring (bicyclic) bond motifs is 1. The standard InChI is InChI=1S/C14H11ClN2O/c15-12-5-4-9-2-1-3-10(13(9)7-12)6-11-8-16-17-14(11)18/h1-7,16H,8H2,(H,17,18)/b11-6+. The highest BCUT2D eigenvalue weighted by molar-refractivity contribution is 6.31. The molecule has 1 amide bonds. The molecule has 90 valence electrons. The Kier molecular flexibility index (Phi) is 2.78. The number of carbonyl (C=O) groups is 1. The van der Waals surface area contributed by atoms with E-state index in [1.807, 2.05) is 42.5 Å².